The molecular formula is C13H17NO3S. The van der Waals surface area contributed by atoms with Gasteiger partial charge in [0.25, 0.3) is 5.91 Å². The summed E-state index contributed by atoms with van der Waals surface area (Å²) in [5.41, 5.74) is -0.482. The van der Waals surface area contributed by atoms with Gasteiger partial charge in [0.15, 0.2) is 5.78 Å². The van der Waals surface area contributed by atoms with E-state index < -0.39 is 11.6 Å². The van der Waals surface area contributed by atoms with Gasteiger partial charge >= 0.3 is 0 Å². The molecule has 0 bridgehead atoms. The summed E-state index contributed by atoms with van der Waals surface area (Å²) in [5, 5.41) is 3.08. The van der Waals surface area contributed by atoms with Gasteiger partial charge in [0.2, 0.25) is 0 Å². The average molecular weight is 267 g/mol. The lowest BCUT2D eigenvalue weighted by atomic mass is 9.88. The molecule has 98 valence electrons. The van der Waals surface area contributed by atoms with Crippen LogP contribution in [0, 0.1) is 5.92 Å². The molecule has 0 radical (unpaired) electrons. The van der Waals surface area contributed by atoms with E-state index in [-0.39, 0.29) is 17.6 Å². The van der Waals surface area contributed by atoms with E-state index in [0.717, 1.165) is 0 Å². The van der Waals surface area contributed by atoms with E-state index >= 15 is 0 Å². The Hall–Kier alpha value is -1.20. The molecule has 0 unspecified atom stereocenters. The van der Waals surface area contributed by atoms with Crippen molar-refractivity contribution in [2.75, 3.05) is 0 Å². The predicted octanol–water partition coefficient (Wildman–Crippen LogP) is 2.51. The van der Waals surface area contributed by atoms with Crippen LogP contribution >= 0.6 is 11.3 Å². The van der Waals surface area contributed by atoms with Gasteiger partial charge in [-0.15, -0.1) is 11.3 Å². The number of carbonyl (C=O) groups is 2. The molecule has 1 aliphatic heterocycles. The largest absolute Gasteiger partial charge is 0.291 e. The zero-order valence-electron chi connectivity index (χ0n) is 11.0. The van der Waals surface area contributed by atoms with Crippen molar-refractivity contribution in [1.82, 2.24) is 5.06 Å². The number of hydroxylamine groups is 2. The van der Waals surface area contributed by atoms with Gasteiger partial charge < -0.3 is 0 Å². The van der Waals surface area contributed by atoms with Crippen LogP contribution in [0.2, 0.25) is 0 Å². The Morgan fingerprint density at radius 2 is 2.11 bits per heavy atom. The normalized spacial score (nSPS) is 24.0. The van der Waals surface area contributed by atoms with Gasteiger partial charge in [0.1, 0.15) is 6.04 Å². The highest BCUT2D eigenvalue weighted by molar-refractivity contribution is 7.12. The van der Waals surface area contributed by atoms with Crippen LogP contribution < -0.4 is 0 Å². The molecule has 0 N–H and O–H groups in total. The molecule has 2 heterocycles. The van der Waals surface area contributed by atoms with Crippen molar-refractivity contribution in [3.05, 3.63) is 22.4 Å². The number of rotatable bonds is 3. The zero-order chi connectivity index (χ0) is 13.5. The van der Waals surface area contributed by atoms with Crippen molar-refractivity contribution >= 4 is 23.0 Å². The lowest BCUT2D eigenvalue weighted by Gasteiger charge is -2.45. The fraction of sp³-hybridized carbons (Fsp3) is 0.538. The maximum absolute atomic E-state index is 12.3. The summed E-state index contributed by atoms with van der Waals surface area (Å²) in [6.45, 7) is 7.34. The molecule has 1 aliphatic rings. The van der Waals surface area contributed by atoms with Crippen LogP contribution in [-0.4, -0.2) is 28.4 Å². The molecule has 1 aromatic rings. The van der Waals surface area contributed by atoms with E-state index in [1.165, 1.54) is 16.4 Å². The van der Waals surface area contributed by atoms with Crippen LogP contribution in [0.25, 0.3) is 0 Å². The lowest BCUT2D eigenvalue weighted by molar-refractivity contribution is -0.269. The number of nitrogens with zero attached hydrogens (tertiary/aromatic N) is 1. The second-order valence-corrected chi connectivity index (χ2v) is 6.39. The Balaban J connectivity index is 2.16. The van der Waals surface area contributed by atoms with E-state index in [1.54, 1.807) is 13.0 Å². The first-order chi connectivity index (χ1) is 8.31. The van der Waals surface area contributed by atoms with Crippen LogP contribution in [0.3, 0.4) is 0 Å². The third-order valence-electron chi connectivity index (χ3n) is 2.74. The first-order valence-electron chi connectivity index (χ1n) is 5.91. The summed E-state index contributed by atoms with van der Waals surface area (Å²) < 4.78 is 0. The minimum atomic E-state index is -0.490. The second kappa shape index (κ2) is 4.48. The quantitative estimate of drug-likeness (QED) is 0.624. The van der Waals surface area contributed by atoms with E-state index in [0.29, 0.717) is 4.88 Å². The topological polar surface area (TPSA) is 46.6 Å². The van der Waals surface area contributed by atoms with Crippen LogP contribution in [0.15, 0.2) is 17.5 Å². The summed E-state index contributed by atoms with van der Waals surface area (Å²) in [4.78, 5) is 30.3. The molecule has 2 rings (SSSR count). The Morgan fingerprint density at radius 3 is 2.61 bits per heavy atom. The van der Waals surface area contributed by atoms with Gasteiger partial charge in [0, 0.05) is 0 Å². The molecule has 0 aromatic carbocycles. The van der Waals surface area contributed by atoms with Crippen molar-refractivity contribution in [2.24, 2.45) is 5.92 Å². The Kier molecular flexibility index (Phi) is 3.29. The zero-order valence-corrected chi connectivity index (χ0v) is 11.8. The summed E-state index contributed by atoms with van der Waals surface area (Å²) in [6, 6.07) is 3.12. The average Bonchev–Trinajstić information content (AvgIpc) is 2.79. The van der Waals surface area contributed by atoms with Crippen molar-refractivity contribution in [3.8, 4) is 0 Å². The SMILES string of the molecule is C[C@@H]1C(=O)N(OC(C)(C)C)[C@H]1C(=O)c1cccs1. The number of hydrogen-bond donors (Lipinski definition) is 0. The molecule has 0 spiro atoms. The maximum Gasteiger partial charge on any atom is 0.252 e. The third-order valence-corrected chi connectivity index (χ3v) is 3.62. The lowest BCUT2D eigenvalue weighted by Crippen LogP contribution is -2.64. The minimum absolute atomic E-state index is 0.0404. The molecule has 18 heavy (non-hydrogen) atoms. The van der Waals surface area contributed by atoms with Gasteiger partial charge in [0.05, 0.1) is 16.4 Å². The standard InChI is InChI=1S/C13H17NO3S/c1-8-10(11(15)9-6-5-7-18-9)14(12(8)16)17-13(2,3)4/h5-8,10H,1-4H3/t8-,10+/m0/s1. The fourth-order valence-electron chi connectivity index (χ4n) is 1.89. The molecule has 0 saturated carbocycles. The fourth-order valence-corrected chi connectivity index (χ4v) is 2.59. The summed E-state index contributed by atoms with van der Waals surface area (Å²) in [6.07, 6.45) is 0. The number of hydrogen-bond acceptors (Lipinski definition) is 4. The number of Topliss-reactive ketones (excluding diaryl/α,β-unsaturated/α-hetero) is 1. The van der Waals surface area contributed by atoms with Gasteiger partial charge in [-0.1, -0.05) is 13.0 Å². The Morgan fingerprint density at radius 1 is 1.44 bits per heavy atom. The predicted molar refractivity (Wildman–Crippen MR) is 69.3 cm³/mol. The highest BCUT2D eigenvalue weighted by Gasteiger charge is 2.51. The molecule has 1 saturated heterocycles. The Labute approximate surface area is 111 Å². The number of ketones is 1. The molecule has 1 fully saturated rings. The summed E-state index contributed by atoms with van der Waals surface area (Å²) in [5.74, 6) is -0.469. The van der Waals surface area contributed by atoms with Gasteiger partial charge in [-0.2, -0.15) is 0 Å². The van der Waals surface area contributed by atoms with Crippen molar-refractivity contribution in [3.63, 3.8) is 0 Å². The van der Waals surface area contributed by atoms with E-state index in [4.69, 9.17) is 4.84 Å². The number of β-lactam (4-membered cyclic amide) rings is 1. The molecular weight excluding hydrogens is 250 g/mol. The first kappa shape index (κ1) is 13.2. The van der Waals surface area contributed by atoms with E-state index in [1.807, 2.05) is 32.2 Å². The molecule has 0 aliphatic carbocycles. The highest BCUT2D eigenvalue weighted by Crippen LogP contribution is 2.32. The van der Waals surface area contributed by atoms with Crippen molar-refractivity contribution in [1.29, 1.82) is 0 Å². The van der Waals surface area contributed by atoms with Crippen LogP contribution in [0.5, 0.6) is 0 Å². The Bertz CT molecular complexity index is 461. The molecule has 2 atom stereocenters. The van der Waals surface area contributed by atoms with Crippen LogP contribution in [0.1, 0.15) is 37.4 Å². The minimum Gasteiger partial charge on any atom is -0.291 e. The molecule has 5 heteroatoms. The smallest absolute Gasteiger partial charge is 0.252 e. The monoisotopic (exact) mass is 267 g/mol. The highest BCUT2D eigenvalue weighted by atomic mass is 32.1. The van der Waals surface area contributed by atoms with Crippen molar-refractivity contribution in [2.45, 2.75) is 39.3 Å². The van der Waals surface area contributed by atoms with Crippen molar-refractivity contribution < 1.29 is 14.4 Å². The van der Waals surface area contributed by atoms with E-state index in [9.17, 15) is 9.59 Å². The summed E-state index contributed by atoms with van der Waals surface area (Å²) in [7, 11) is 0. The number of thiophene rings is 1. The first-order valence-corrected chi connectivity index (χ1v) is 6.79. The third kappa shape index (κ3) is 2.33. The molecule has 1 amide bonds. The maximum atomic E-state index is 12.3. The van der Waals surface area contributed by atoms with Gasteiger partial charge in [-0.05, 0) is 32.2 Å². The van der Waals surface area contributed by atoms with Gasteiger partial charge in [-0.3, -0.25) is 14.4 Å². The molecule has 4 nitrogen and oxygen atoms in total. The van der Waals surface area contributed by atoms with Crippen LogP contribution in [-0.2, 0) is 9.63 Å². The van der Waals surface area contributed by atoms with Crippen LogP contribution in [0.4, 0.5) is 0 Å². The van der Waals surface area contributed by atoms with E-state index in [2.05, 4.69) is 0 Å². The second-order valence-electron chi connectivity index (χ2n) is 5.44. The van der Waals surface area contributed by atoms with Gasteiger partial charge in [-0.25, -0.2) is 5.06 Å². The molecule has 1 aromatic heterocycles. The summed E-state index contributed by atoms with van der Waals surface area (Å²) >= 11 is 1.39. The number of carbonyl (C=O) groups excluding carboxylic acids is 2. The number of amides is 1.